The lowest BCUT2D eigenvalue weighted by Gasteiger charge is -2.13. The second-order valence-corrected chi connectivity index (χ2v) is 4.42. The van der Waals surface area contributed by atoms with Gasteiger partial charge in [-0.25, -0.2) is 0 Å². The highest BCUT2D eigenvalue weighted by Crippen LogP contribution is 2.33. The number of alkyl halides is 2. The highest BCUT2D eigenvalue weighted by atomic mass is 19.3. The van der Waals surface area contributed by atoms with Crippen molar-refractivity contribution in [2.24, 2.45) is 0 Å². The van der Waals surface area contributed by atoms with Crippen molar-refractivity contribution < 1.29 is 27.8 Å². The first-order chi connectivity index (χ1) is 11.5. The number of carbonyl (C=O) groups is 1. The van der Waals surface area contributed by atoms with Crippen LogP contribution in [0.3, 0.4) is 0 Å². The van der Waals surface area contributed by atoms with E-state index in [2.05, 4.69) is 14.5 Å². The fraction of sp³-hybridized carbons (Fsp3) is 0.188. The zero-order valence-electron chi connectivity index (χ0n) is 12.5. The topological polar surface area (TPSA) is 81.4 Å². The lowest BCUT2D eigenvalue weighted by molar-refractivity contribution is -0.139. The molecule has 0 amide bonds. The Morgan fingerprint density at radius 1 is 1.25 bits per heavy atom. The van der Waals surface area contributed by atoms with Crippen LogP contribution in [0.15, 0.2) is 36.5 Å². The fourth-order valence-electron chi connectivity index (χ4n) is 1.88. The molecule has 0 aliphatic carbocycles. The minimum absolute atomic E-state index is 0.00904. The van der Waals surface area contributed by atoms with Crippen molar-refractivity contribution in [2.75, 3.05) is 7.11 Å². The lowest BCUT2D eigenvalue weighted by Crippen LogP contribution is -2.08. The highest BCUT2D eigenvalue weighted by molar-refractivity contribution is 5.72. The van der Waals surface area contributed by atoms with Crippen molar-refractivity contribution in [3.63, 3.8) is 0 Å². The number of esters is 1. The summed E-state index contributed by atoms with van der Waals surface area (Å²) in [6.45, 7) is -3.07. The molecular weight excluding hydrogens is 322 g/mol. The number of rotatable bonds is 6. The van der Waals surface area contributed by atoms with E-state index in [-0.39, 0.29) is 34.9 Å². The van der Waals surface area contributed by atoms with Gasteiger partial charge < -0.3 is 14.2 Å². The third kappa shape index (κ3) is 4.16. The van der Waals surface area contributed by atoms with Crippen molar-refractivity contribution in [3.8, 4) is 23.3 Å². The van der Waals surface area contributed by atoms with Crippen LogP contribution in [-0.2, 0) is 16.0 Å². The van der Waals surface area contributed by atoms with Crippen LogP contribution in [0.4, 0.5) is 8.78 Å². The van der Waals surface area contributed by atoms with Gasteiger partial charge in [0.1, 0.15) is 28.9 Å². The summed E-state index contributed by atoms with van der Waals surface area (Å²) in [5, 5.41) is 9.20. The third-order valence-corrected chi connectivity index (χ3v) is 2.92. The maximum Gasteiger partial charge on any atom is 0.387 e. The Balaban J connectivity index is 2.35. The second kappa shape index (κ2) is 7.87. The first-order valence-corrected chi connectivity index (χ1v) is 6.71. The number of benzene rings is 1. The average molecular weight is 334 g/mol. The van der Waals surface area contributed by atoms with Gasteiger partial charge in [-0.2, -0.15) is 14.0 Å². The predicted molar refractivity (Wildman–Crippen MR) is 77.8 cm³/mol. The molecule has 1 aromatic heterocycles. The number of nitrogens with zero attached hydrogens (tertiary/aromatic N) is 2. The predicted octanol–water partition coefficient (Wildman–Crippen LogP) is 3.06. The number of aromatic nitrogens is 1. The summed E-state index contributed by atoms with van der Waals surface area (Å²) in [5.41, 5.74) is 0.0964. The number of pyridine rings is 1. The second-order valence-electron chi connectivity index (χ2n) is 4.42. The van der Waals surface area contributed by atoms with Crippen molar-refractivity contribution >= 4 is 5.97 Å². The summed E-state index contributed by atoms with van der Waals surface area (Å²) in [4.78, 5) is 15.4. The molecule has 6 nitrogen and oxygen atoms in total. The van der Waals surface area contributed by atoms with Gasteiger partial charge in [0.25, 0.3) is 0 Å². The summed E-state index contributed by atoms with van der Waals surface area (Å²) in [6, 6.07) is 8.93. The van der Waals surface area contributed by atoms with Crippen LogP contribution in [0.25, 0.3) is 0 Å². The molecule has 0 saturated heterocycles. The van der Waals surface area contributed by atoms with E-state index in [1.54, 1.807) is 12.1 Å². The molecule has 0 radical (unpaired) electrons. The first kappa shape index (κ1) is 17.1. The Hall–Kier alpha value is -3.21. The standard InChI is InChI=1S/C16H12F2N2O4/c1-22-15(21)8-11-14(6-3-7-20-11)23-12-4-2-5-13(10(12)9-19)24-16(17)18/h2-7,16H,8H2,1H3. The molecule has 24 heavy (non-hydrogen) atoms. The molecular formula is C16H12F2N2O4. The number of hydrogen-bond donors (Lipinski definition) is 0. The largest absolute Gasteiger partial charge is 0.469 e. The summed E-state index contributed by atoms with van der Waals surface area (Å²) in [5.74, 6) is -0.611. The highest BCUT2D eigenvalue weighted by Gasteiger charge is 2.17. The van der Waals surface area contributed by atoms with E-state index in [0.717, 1.165) is 0 Å². The number of ether oxygens (including phenoxy) is 3. The molecule has 0 spiro atoms. The zero-order chi connectivity index (χ0) is 17.5. The summed E-state index contributed by atoms with van der Waals surface area (Å²) < 4.78 is 39.3. The monoisotopic (exact) mass is 334 g/mol. The van der Waals surface area contributed by atoms with Crippen LogP contribution >= 0.6 is 0 Å². The van der Waals surface area contributed by atoms with Gasteiger partial charge in [-0.3, -0.25) is 9.78 Å². The van der Waals surface area contributed by atoms with Crippen LogP contribution in [0.1, 0.15) is 11.3 Å². The molecule has 2 aromatic rings. The molecule has 0 aliphatic heterocycles. The molecule has 0 saturated carbocycles. The molecule has 0 fully saturated rings. The van der Waals surface area contributed by atoms with Crippen molar-refractivity contribution in [1.29, 1.82) is 5.26 Å². The zero-order valence-corrected chi connectivity index (χ0v) is 12.5. The van der Waals surface area contributed by atoms with Gasteiger partial charge in [0, 0.05) is 6.20 Å². The van der Waals surface area contributed by atoms with Crippen molar-refractivity contribution in [2.45, 2.75) is 13.0 Å². The molecule has 124 valence electrons. The third-order valence-electron chi connectivity index (χ3n) is 2.92. The summed E-state index contributed by atoms with van der Waals surface area (Å²) in [7, 11) is 1.24. The maximum absolute atomic E-state index is 12.4. The number of halogens is 2. The summed E-state index contributed by atoms with van der Waals surface area (Å²) in [6.07, 6.45) is 1.33. The number of carbonyl (C=O) groups excluding carboxylic acids is 1. The molecule has 1 aromatic carbocycles. The fourth-order valence-corrected chi connectivity index (χ4v) is 1.88. The normalized spacial score (nSPS) is 10.1. The van der Waals surface area contributed by atoms with E-state index in [4.69, 9.17) is 4.74 Å². The minimum atomic E-state index is -3.07. The molecule has 0 bridgehead atoms. The van der Waals surface area contributed by atoms with Crippen LogP contribution in [0.5, 0.6) is 17.2 Å². The van der Waals surface area contributed by atoms with Crippen molar-refractivity contribution in [1.82, 2.24) is 4.98 Å². The van der Waals surface area contributed by atoms with E-state index in [0.29, 0.717) is 0 Å². The molecule has 2 rings (SSSR count). The van der Waals surface area contributed by atoms with Gasteiger partial charge in [0.15, 0.2) is 0 Å². The average Bonchev–Trinajstić information content (AvgIpc) is 2.56. The molecule has 8 heteroatoms. The maximum atomic E-state index is 12.4. The minimum Gasteiger partial charge on any atom is -0.469 e. The Bertz CT molecular complexity index is 775. The van der Waals surface area contributed by atoms with Gasteiger partial charge in [0.05, 0.1) is 19.2 Å². The molecule has 0 aliphatic rings. The molecule has 0 unspecified atom stereocenters. The Labute approximate surface area is 136 Å². The SMILES string of the molecule is COC(=O)Cc1ncccc1Oc1cccc(OC(F)F)c1C#N. The van der Waals surface area contributed by atoms with Gasteiger partial charge in [-0.15, -0.1) is 0 Å². The first-order valence-electron chi connectivity index (χ1n) is 6.71. The number of nitriles is 1. The molecule has 1 heterocycles. The number of hydrogen-bond acceptors (Lipinski definition) is 6. The van der Waals surface area contributed by atoms with Gasteiger partial charge in [0.2, 0.25) is 0 Å². The molecule has 0 atom stereocenters. The van der Waals surface area contributed by atoms with E-state index in [9.17, 15) is 18.8 Å². The van der Waals surface area contributed by atoms with Gasteiger partial charge in [-0.05, 0) is 24.3 Å². The number of methoxy groups -OCH3 is 1. The van der Waals surface area contributed by atoms with E-state index in [1.165, 1.54) is 37.6 Å². The van der Waals surface area contributed by atoms with Crippen LogP contribution < -0.4 is 9.47 Å². The van der Waals surface area contributed by atoms with Crippen LogP contribution in [0.2, 0.25) is 0 Å². The van der Waals surface area contributed by atoms with Crippen LogP contribution in [-0.4, -0.2) is 24.7 Å². The molecule has 0 N–H and O–H groups in total. The van der Waals surface area contributed by atoms with Crippen LogP contribution in [0, 0.1) is 11.3 Å². The van der Waals surface area contributed by atoms with E-state index in [1.807, 2.05) is 0 Å². The quantitative estimate of drug-likeness (QED) is 0.755. The van der Waals surface area contributed by atoms with Gasteiger partial charge in [-0.1, -0.05) is 6.07 Å². The Morgan fingerprint density at radius 2 is 1.96 bits per heavy atom. The smallest absolute Gasteiger partial charge is 0.387 e. The summed E-state index contributed by atoms with van der Waals surface area (Å²) >= 11 is 0. The lowest BCUT2D eigenvalue weighted by atomic mass is 10.2. The Kier molecular flexibility index (Phi) is 5.63. The van der Waals surface area contributed by atoms with E-state index < -0.39 is 12.6 Å². The van der Waals surface area contributed by atoms with Gasteiger partial charge >= 0.3 is 12.6 Å². The van der Waals surface area contributed by atoms with E-state index >= 15 is 0 Å². The Morgan fingerprint density at radius 3 is 2.62 bits per heavy atom. The van der Waals surface area contributed by atoms with Crippen molar-refractivity contribution in [3.05, 3.63) is 47.8 Å².